The molecule has 0 aromatic carbocycles. The van der Waals surface area contributed by atoms with E-state index in [1.54, 1.807) is 5.38 Å². The number of ketones is 1. The minimum Gasteiger partial charge on any atom is -0.303 e. The highest BCUT2D eigenvalue weighted by Crippen LogP contribution is 2.11. The molecule has 1 rings (SSSR count). The van der Waals surface area contributed by atoms with E-state index in [1.165, 1.54) is 18.3 Å². The van der Waals surface area contributed by atoms with Crippen LogP contribution in [0.15, 0.2) is 5.38 Å². The normalized spacial score (nSPS) is 10.7. The SMILES string of the molecule is CC(=O)c1csc(CN(C)C)n1. The number of hydrogen-bond acceptors (Lipinski definition) is 4. The van der Waals surface area contributed by atoms with E-state index >= 15 is 0 Å². The van der Waals surface area contributed by atoms with Gasteiger partial charge in [0.15, 0.2) is 5.78 Å². The van der Waals surface area contributed by atoms with Gasteiger partial charge in [-0.3, -0.25) is 4.79 Å². The standard InChI is InChI=1S/C8H12N2OS/c1-6(11)7-5-12-8(9-7)4-10(2)3/h5H,4H2,1-3H3. The van der Waals surface area contributed by atoms with Crippen molar-refractivity contribution < 1.29 is 4.79 Å². The summed E-state index contributed by atoms with van der Waals surface area (Å²) in [7, 11) is 3.96. The first-order chi connectivity index (χ1) is 5.59. The predicted octanol–water partition coefficient (Wildman–Crippen LogP) is 1.41. The maximum atomic E-state index is 10.9. The zero-order chi connectivity index (χ0) is 9.14. The number of Topliss-reactive ketones (excluding diaryl/α,β-unsaturated/α-hetero) is 1. The molecule has 0 amide bonds. The number of thiazole rings is 1. The van der Waals surface area contributed by atoms with E-state index in [2.05, 4.69) is 4.98 Å². The van der Waals surface area contributed by atoms with Gasteiger partial charge in [0.1, 0.15) is 10.7 Å². The van der Waals surface area contributed by atoms with Crippen LogP contribution in [0.2, 0.25) is 0 Å². The molecule has 4 heteroatoms. The van der Waals surface area contributed by atoms with Crippen LogP contribution >= 0.6 is 11.3 Å². The van der Waals surface area contributed by atoms with Crippen molar-refractivity contribution in [2.75, 3.05) is 14.1 Å². The summed E-state index contributed by atoms with van der Waals surface area (Å²) in [4.78, 5) is 17.1. The molecule has 0 aliphatic rings. The fourth-order valence-electron chi connectivity index (χ4n) is 0.816. The fourth-order valence-corrected chi connectivity index (χ4v) is 1.77. The van der Waals surface area contributed by atoms with Crippen molar-refractivity contribution in [3.63, 3.8) is 0 Å². The molecule has 3 nitrogen and oxygen atoms in total. The number of aromatic nitrogens is 1. The first-order valence-electron chi connectivity index (χ1n) is 3.69. The van der Waals surface area contributed by atoms with Crippen LogP contribution in [0.1, 0.15) is 22.4 Å². The van der Waals surface area contributed by atoms with E-state index < -0.39 is 0 Å². The molecule has 0 N–H and O–H groups in total. The lowest BCUT2D eigenvalue weighted by Crippen LogP contribution is -2.10. The zero-order valence-electron chi connectivity index (χ0n) is 7.50. The molecular formula is C8H12N2OS. The van der Waals surface area contributed by atoms with Crippen LogP contribution in [0, 0.1) is 0 Å². The number of rotatable bonds is 3. The summed E-state index contributed by atoms with van der Waals surface area (Å²) < 4.78 is 0. The Hall–Kier alpha value is -0.740. The third-order valence-corrected chi connectivity index (χ3v) is 2.20. The average molecular weight is 184 g/mol. The molecule has 0 saturated heterocycles. The van der Waals surface area contributed by atoms with E-state index in [4.69, 9.17) is 0 Å². The molecule has 0 bridgehead atoms. The summed E-state index contributed by atoms with van der Waals surface area (Å²) in [6, 6.07) is 0. The van der Waals surface area contributed by atoms with E-state index in [9.17, 15) is 4.79 Å². The third kappa shape index (κ3) is 2.39. The van der Waals surface area contributed by atoms with Crippen molar-refractivity contribution in [2.24, 2.45) is 0 Å². The van der Waals surface area contributed by atoms with E-state index in [1.807, 2.05) is 19.0 Å². The highest BCUT2D eigenvalue weighted by atomic mass is 32.1. The highest BCUT2D eigenvalue weighted by Gasteiger charge is 2.05. The maximum absolute atomic E-state index is 10.9. The van der Waals surface area contributed by atoms with Gasteiger partial charge in [-0.15, -0.1) is 11.3 Å². The third-order valence-electron chi connectivity index (χ3n) is 1.36. The summed E-state index contributed by atoms with van der Waals surface area (Å²) >= 11 is 1.53. The Bertz CT molecular complexity index is 280. The van der Waals surface area contributed by atoms with Crippen molar-refractivity contribution in [3.8, 4) is 0 Å². The summed E-state index contributed by atoms with van der Waals surface area (Å²) in [5.41, 5.74) is 0.580. The van der Waals surface area contributed by atoms with Crippen LogP contribution in [0.4, 0.5) is 0 Å². The van der Waals surface area contributed by atoms with Crippen molar-refractivity contribution in [1.29, 1.82) is 0 Å². The first-order valence-corrected chi connectivity index (χ1v) is 4.57. The van der Waals surface area contributed by atoms with Gasteiger partial charge >= 0.3 is 0 Å². The lowest BCUT2D eigenvalue weighted by atomic mass is 10.3. The van der Waals surface area contributed by atoms with Crippen LogP contribution in [-0.4, -0.2) is 29.8 Å². The Kier molecular flexibility index (Phi) is 2.94. The molecule has 0 fully saturated rings. The summed E-state index contributed by atoms with van der Waals surface area (Å²) in [5.74, 6) is 0.0382. The molecule has 66 valence electrons. The largest absolute Gasteiger partial charge is 0.303 e. The second-order valence-electron chi connectivity index (χ2n) is 2.92. The second kappa shape index (κ2) is 3.78. The van der Waals surface area contributed by atoms with Crippen LogP contribution in [0.3, 0.4) is 0 Å². The Morgan fingerprint density at radius 3 is 2.75 bits per heavy atom. The van der Waals surface area contributed by atoms with Crippen molar-refractivity contribution in [2.45, 2.75) is 13.5 Å². The van der Waals surface area contributed by atoms with Gasteiger partial charge in [-0.25, -0.2) is 4.98 Å². The Balaban J connectivity index is 2.71. The highest BCUT2D eigenvalue weighted by molar-refractivity contribution is 7.09. The Morgan fingerprint density at radius 1 is 1.67 bits per heavy atom. The predicted molar refractivity (Wildman–Crippen MR) is 49.5 cm³/mol. The number of carbonyl (C=O) groups excluding carboxylic acids is 1. The summed E-state index contributed by atoms with van der Waals surface area (Å²) in [6.45, 7) is 2.34. The molecule has 1 heterocycles. The van der Waals surface area contributed by atoms with Gasteiger partial charge in [-0.05, 0) is 14.1 Å². The van der Waals surface area contributed by atoms with Gasteiger partial charge < -0.3 is 4.90 Å². The molecule has 1 aromatic heterocycles. The molecule has 12 heavy (non-hydrogen) atoms. The van der Waals surface area contributed by atoms with E-state index in [-0.39, 0.29) is 5.78 Å². The molecule has 0 radical (unpaired) electrons. The van der Waals surface area contributed by atoms with Crippen molar-refractivity contribution >= 4 is 17.1 Å². The van der Waals surface area contributed by atoms with Gasteiger partial charge in [-0.2, -0.15) is 0 Å². The van der Waals surface area contributed by atoms with Crippen LogP contribution in [-0.2, 0) is 6.54 Å². The summed E-state index contributed by atoms with van der Waals surface area (Å²) in [6.07, 6.45) is 0. The molecule has 1 aromatic rings. The topological polar surface area (TPSA) is 33.2 Å². The minimum absolute atomic E-state index is 0.0382. The molecule has 0 atom stereocenters. The molecule has 0 aliphatic heterocycles. The zero-order valence-corrected chi connectivity index (χ0v) is 8.31. The van der Waals surface area contributed by atoms with E-state index in [0.29, 0.717) is 5.69 Å². The van der Waals surface area contributed by atoms with Crippen molar-refractivity contribution in [1.82, 2.24) is 9.88 Å². The molecule has 0 spiro atoms. The Morgan fingerprint density at radius 2 is 2.33 bits per heavy atom. The smallest absolute Gasteiger partial charge is 0.178 e. The van der Waals surface area contributed by atoms with Crippen LogP contribution < -0.4 is 0 Å². The van der Waals surface area contributed by atoms with Crippen molar-refractivity contribution in [3.05, 3.63) is 16.1 Å². The van der Waals surface area contributed by atoms with Gasteiger partial charge in [0.25, 0.3) is 0 Å². The Labute approximate surface area is 76.0 Å². The molecule has 0 saturated carbocycles. The second-order valence-corrected chi connectivity index (χ2v) is 3.86. The first kappa shape index (κ1) is 9.35. The number of carbonyl (C=O) groups is 1. The van der Waals surface area contributed by atoms with Gasteiger partial charge in [0, 0.05) is 18.8 Å². The molecule has 0 unspecified atom stereocenters. The lowest BCUT2D eigenvalue weighted by molar-refractivity contribution is 0.101. The maximum Gasteiger partial charge on any atom is 0.178 e. The van der Waals surface area contributed by atoms with Gasteiger partial charge in [0.2, 0.25) is 0 Å². The van der Waals surface area contributed by atoms with E-state index in [0.717, 1.165) is 11.6 Å². The monoisotopic (exact) mass is 184 g/mol. The quantitative estimate of drug-likeness (QED) is 0.666. The van der Waals surface area contributed by atoms with Gasteiger partial charge in [0.05, 0.1) is 0 Å². The van der Waals surface area contributed by atoms with Crippen LogP contribution in [0.5, 0.6) is 0 Å². The lowest BCUT2D eigenvalue weighted by Gasteiger charge is -2.04. The van der Waals surface area contributed by atoms with Gasteiger partial charge in [-0.1, -0.05) is 0 Å². The fraction of sp³-hybridized carbons (Fsp3) is 0.500. The molecular weight excluding hydrogens is 172 g/mol. The van der Waals surface area contributed by atoms with Crippen LogP contribution in [0.25, 0.3) is 0 Å². The number of hydrogen-bond donors (Lipinski definition) is 0. The molecule has 0 aliphatic carbocycles. The summed E-state index contributed by atoms with van der Waals surface area (Å²) in [5, 5.41) is 2.80. The number of nitrogens with zero attached hydrogens (tertiary/aromatic N) is 2. The average Bonchev–Trinajstić information content (AvgIpc) is 2.34. The minimum atomic E-state index is 0.0382.